The number of methoxy groups -OCH3 is 2. The van der Waals surface area contributed by atoms with Crippen molar-refractivity contribution in [1.29, 1.82) is 0 Å². The summed E-state index contributed by atoms with van der Waals surface area (Å²) in [6.45, 7) is 6.69. The number of benzene rings is 2. The lowest BCUT2D eigenvalue weighted by molar-refractivity contribution is 0.103. The monoisotopic (exact) mass is 298 g/mol. The maximum Gasteiger partial charge on any atom is 0.118 e. The average Bonchev–Trinajstić information content (AvgIpc) is 2.52. The highest BCUT2D eigenvalue weighted by Crippen LogP contribution is 2.27. The van der Waals surface area contributed by atoms with E-state index < -0.39 is 0 Å². The third kappa shape index (κ3) is 4.11. The van der Waals surface area contributed by atoms with Crippen molar-refractivity contribution >= 4 is 0 Å². The topological polar surface area (TPSA) is 18.5 Å². The van der Waals surface area contributed by atoms with Gasteiger partial charge in [-0.1, -0.05) is 57.2 Å². The second-order valence-corrected chi connectivity index (χ2v) is 6.65. The molecule has 0 bridgehead atoms. The van der Waals surface area contributed by atoms with E-state index in [0.717, 1.165) is 12.2 Å². The van der Waals surface area contributed by atoms with Gasteiger partial charge in [-0.25, -0.2) is 0 Å². The van der Waals surface area contributed by atoms with Gasteiger partial charge in [-0.05, 0) is 34.2 Å². The summed E-state index contributed by atoms with van der Waals surface area (Å²) in [7, 11) is 3.45. The highest BCUT2D eigenvalue weighted by molar-refractivity contribution is 5.31. The van der Waals surface area contributed by atoms with Gasteiger partial charge in [-0.3, -0.25) is 0 Å². The quantitative estimate of drug-likeness (QED) is 0.779. The molecule has 0 saturated heterocycles. The highest BCUT2D eigenvalue weighted by atomic mass is 16.5. The highest BCUT2D eigenvalue weighted by Gasteiger charge is 2.16. The van der Waals surface area contributed by atoms with Gasteiger partial charge >= 0.3 is 0 Å². The third-order valence-corrected chi connectivity index (χ3v) is 4.01. The number of ether oxygens (including phenoxy) is 2. The van der Waals surface area contributed by atoms with E-state index in [9.17, 15) is 0 Å². The van der Waals surface area contributed by atoms with E-state index in [4.69, 9.17) is 9.47 Å². The van der Waals surface area contributed by atoms with Crippen LogP contribution in [0.4, 0.5) is 0 Å². The molecule has 118 valence electrons. The van der Waals surface area contributed by atoms with Gasteiger partial charge in [-0.15, -0.1) is 0 Å². The molecule has 0 aromatic heterocycles. The Morgan fingerprint density at radius 1 is 0.864 bits per heavy atom. The summed E-state index contributed by atoms with van der Waals surface area (Å²) in [5.41, 5.74) is 3.98. The Labute approximate surface area is 134 Å². The molecule has 1 atom stereocenters. The zero-order chi connectivity index (χ0) is 16.2. The molecule has 2 rings (SSSR count). The van der Waals surface area contributed by atoms with Crippen LogP contribution in [-0.4, -0.2) is 14.2 Å². The largest absolute Gasteiger partial charge is 0.497 e. The molecule has 0 N–H and O–H groups in total. The molecule has 2 heteroatoms. The zero-order valence-corrected chi connectivity index (χ0v) is 14.2. The Hall–Kier alpha value is -1.80. The summed E-state index contributed by atoms with van der Waals surface area (Å²) in [6, 6.07) is 16.9. The van der Waals surface area contributed by atoms with Crippen LogP contribution in [0, 0.1) is 0 Å². The summed E-state index contributed by atoms with van der Waals surface area (Å²) in [6.07, 6.45) is 0.928. The molecule has 0 amide bonds. The van der Waals surface area contributed by atoms with Gasteiger partial charge in [0.1, 0.15) is 5.75 Å². The minimum Gasteiger partial charge on any atom is -0.497 e. The first-order valence-electron chi connectivity index (χ1n) is 7.70. The Bertz CT molecular complexity index is 577. The van der Waals surface area contributed by atoms with Crippen molar-refractivity contribution in [3.8, 4) is 5.75 Å². The lowest BCUT2D eigenvalue weighted by Gasteiger charge is -2.21. The van der Waals surface area contributed by atoms with Crippen LogP contribution < -0.4 is 4.74 Å². The fraction of sp³-hybridized carbons (Fsp3) is 0.400. The second-order valence-electron chi connectivity index (χ2n) is 6.65. The first-order valence-corrected chi connectivity index (χ1v) is 7.70. The van der Waals surface area contributed by atoms with Crippen LogP contribution in [0.3, 0.4) is 0 Å². The van der Waals surface area contributed by atoms with Crippen molar-refractivity contribution in [1.82, 2.24) is 0 Å². The van der Waals surface area contributed by atoms with Gasteiger partial charge in [0.05, 0.1) is 13.2 Å². The maximum absolute atomic E-state index is 5.69. The molecule has 0 aliphatic carbocycles. The summed E-state index contributed by atoms with van der Waals surface area (Å²) in [4.78, 5) is 0. The van der Waals surface area contributed by atoms with Gasteiger partial charge in [-0.2, -0.15) is 0 Å². The van der Waals surface area contributed by atoms with Crippen LogP contribution in [0.25, 0.3) is 0 Å². The van der Waals surface area contributed by atoms with Crippen LogP contribution in [-0.2, 0) is 16.6 Å². The van der Waals surface area contributed by atoms with Gasteiger partial charge < -0.3 is 9.47 Å². The minimum atomic E-state index is 0.0717. The van der Waals surface area contributed by atoms with E-state index in [-0.39, 0.29) is 11.5 Å². The lowest BCUT2D eigenvalue weighted by Crippen LogP contribution is -2.11. The normalized spacial score (nSPS) is 13.0. The molecule has 22 heavy (non-hydrogen) atoms. The first kappa shape index (κ1) is 16.6. The third-order valence-electron chi connectivity index (χ3n) is 4.01. The van der Waals surface area contributed by atoms with Gasteiger partial charge in [0.25, 0.3) is 0 Å². The summed E-state index contributed by atoms with van der Waals surface area (Å²) in [5, 5.41) is 0. The van der Waals surface area contributed by atoms with E-state index >= 15 is 0 Å². The molecule has 2 nitrogen and oxygen atoms in total. The molecule has 1 unspecified atom stereocenters. The Kier molecular flexibility index (Phi) is 5.25. The Morgan fingerprint density at radius 2 is 1.45 bits per heavy atom. The van der Waals surface area contributed by atoms with Crippen molar-refractivity contribution in [3.63, 3.8) is 0 Å². The summed E-state index contributed by atoms with van der Waals surface area (Å²) >= 11 is 0. The molecule has 0 aliphatic heterocycles. The molecule has 2 aromatic rings. The van der Waals surface area contributed by atoms with Gasteiger partial charge in [0.2, 0.25) is 0 Å². The van der Waals surface area contributed by atoms with Crippen molar-refractivity contribution in [3.05, 3.63) is 65.2 Å². The fourth-order valence-electron chi connectivity index (χ4n) is 2.51. The smallest absolute Gasteiger partial charge is 0.118 e. The second kappa shape index (κ2) is 6.97. The maximum atomic E-state index is 5.69. The fourth-order valence-corrected chi connectivity index (χ4v) is 2.51. The lowest BCUT2D eigenvalue weighted by atomic mass is 9.86. The summed E-state index contributed by atoms with van der Waals surface area (Å²) in [5.74, 6) is 0.882. The summed E-state index contributed by atoms with van der Waals surface area (Å²) < 4.78 is 10.9. The first-order chi connectivity index (χ1) is 10.4. The molecule has 0 aliphatic rings. The van der Waals surface area contributed by atoms with E-state index in [1.165, 1.54) is 16.7 Å². The Balaban J connectivity index is 2.13. The molecule has 0 heterocycles. The van der Waals surface area contributed by atoms with Crippen LogP contribution >= 0.6 is 0 Å². The number of hydrogen-bond donors (Lipinski definition) is 0. The number of rotatable bonds is 5. The molecular weight excluding hydrogens is 272 g/mol. The van der Waals surface area contributed by atoms with Gasteiger partial charge in [0.15, 0.2) is 0 Å². The van der Waals surface area contributed by atoms with Crippen molar-refractivity contribution in [2.45, 2.75) is 38.7 Å². The van der Waals surface area contributed by atoms with E-state index in [1.807, 2.05) is 12.1 Å². The van der Waals surface area contributed by atoms with Gasteiger partial charge in [0, 0.05) is 13.5 Å². The predicted molar refractivity (Wildman–Crippen MR) is 91.6 cm³/mol. The minimum absolute atomic E-state index is 0.0717. The van der Waals surface area contributed by atoms with Crippen molar-refractivity contribution in [2.24, 2.45) is 0 Å². The van der Waals surface area contributed by atoms with E-state index in [1.54, 1.807) is 14.2 Å². The average molecular weight is 298 g/mol. The standard InChI is InChI=1S/C20H26O2/c1-20(2,3)17-10-8-16(9-11-17)19(22-5)14-15-6-12-18(21-4)13-7-15/h6-13,19H,14H2,1-5H3. The molecule has 0 radical (unpaired) electrons. The molecule has 0 spiro atoms. The van der Waals surface area contributed by atoms with E-state index in [0.29, 0.717) is 0 Å². The van der Waals surface area contributed by atoms with Crippen LogP contribution in [0.5, 0.6) is 5.75 Å². The molecule has 0 saturated carbocycles. The predicted octanol–water partition coefficient (Wildman–Crippen LogP) is 4.92. The van der Waals surface area contributed by atoms with Crippen molar-refractivity contribution in [2.75, 3.05) is 14.2 Å². The molecular formula is C20H26O2. The Morgan fingerprint density at radius 3 is 1.91 bits per heavy atom. The van der Waals surface area contributed by atoms with Crippen LogP contribution in [0.2, 0.25) is 0 Å². The van der Waals surface area contributed by atoms with Crippen molar-refractivity contribution < 1.29 is 9.47 Å². The SMILES string of the molecule is COc1ccc(CC(OC)c2ccc(C(C)(C)C)cc2)cc1. The van der Waals surface area contributed by atoms with Crippen LogP contribution in [0.15, 0.2) is 48.5 Å². The van der Waals surface area contributed by atoms with Crippen LogP contribution in [0.1, 0.15) is 43.6 Å². The molecule has 2 aromatic carbocycles. The zero-order valence-electron chi connectivity index (χ0n) is 14.2. The molecule has 0 fully saturated rings. The number of hydrogen-bond acceptors (Lipinski definition) is 2. The van der Waals surface area contributed by atoms with E-state index in [2.05, 4.69) is 57.2 Å².